The Hall–Kier alpha value is -3.39. The third-order valence-corrected chi connectivity index (χ3v) is 5.51. The number of carbonyl (C=O) groups is 1. The van der Waals surface area contributed by atoms with Gasteiger partial charge in [0.1, 0.15) is 23.3 Å². The van der Waals surface area contributed by atoms with Crippen LogP contribution in [0.15, 0.2) is 54.6 Å². The first-order chi connectivity index (χ1) is 15.4. The SMILES string of the molecule is CNc1cc(C2CC(=O)N(c3ccc(F)cc3)C2)nc(CN(C)Cc2ccc(F)cc2)n1. The van der Waals surface area contributed by atoms with Gasteiger partial charge < -0.3 is 10.2 Å². The third kappa shape index (κ3) is 5.08. The summed E-state index contributed by atoms with van der Waals surface area (Å²) in [6, 6.07) is 14.2. The third-order valence-electron chi connectivity index (χ3n) is 5.51. The van der Waals surface area contributed by atoms with Gasteiger partial charge in [-0.15, -0.1) is 0 Å². The minimum atomic E-state index is -0.333. The predicted molar refractivity (Wildman–Crippen MR) is 119 cm³/mol. The Kier molecular flexibility index (Phi) is 6.41. The topological polar surface area (TPSA) is 61.4 Å². The quantitative estimate of drug-likeness (QED) is 0.607. The van der Waals surface area contributed by atoms with Crippen LogP contribution in [0, 0.1) is 11.6 Å². The molecule has 2 aromatic carbocycles. The van der Waals surface area contributed by atoms with Gasteiger partial charge >= 0.3 is 0 Å². The molecule has 1 atom stereocenters. The lowest BCUT2D eigenvalue weighted by atomic mass is 10.0. The maximum Gasteiger partial charge on any atom is 0.227 e. The molecule has 1 aliphatic rings. The Labute approximate surface area is 185 Å². The van der Waals surface area contributed by atoms with Crippen molar-refractivity contribution in [2.45, 2.75) is 25.4 Å². The molecule has 0 bridgehead atoms. The van der Waals surface area contributed by atoms with Crippen LogP contribution in [0.5, 0.6) is 0 Å². The Morgan fingerprint density at radius 1 is 1.03 bits per heavy atom. The Morgan fingerprint density at radius 3 is 2.34 bits per heavy atom. The molecule has 4 rings (SSSR count). The van der Waals surface area contributed by atoms with E-state index in [0.717, 1.165) is 11.3 Å². The number of aromatic nitrogens is 2. The summed E-state index contributed by atoms with van der Waals surface area (Å²) in [5.74, 6) is 0.648. The van der Waals surface area contributed by atoms with Crippen LogP contribution >= 0.6 is 0 Å². The highest BCUT2D eigenvalue weighted by molar-refractivity contribution is 5.96. The molecular formula is C24H25F2N5O. The summed E-state index contributed by atoms with van der Waals surface area (Å²) in [4.78, 5) is 25.7. The summed E-state index contributed by atoms with van der Waals surface area (Å²) >= 11 is 0. The van der Waals surface area contributed by atoms with Gasteiger partial charge in [-0.1, -0.05) is 12.1 Å². The van der Waals surface area contributed by atoms with Gasteiger partial charge in [0.05, 0.1) is 12.2 Å². The highest BCUT2D eigenvalue weighted by Crippen LogP contribution is 2.32. The van der Waals surface area contributed by atoms with Crippen molar-refractivity contribution in [3.05, 3.63) is 83.3 Å². The molecule has 0 aliphatic carbocycles. The monoisotopic (exact) mass is 437 g/mol. The molecule has 0 spiro atoms. The second-order valence-corrected chi connectivity index (χ2v) is 8.02. The molecule has 1 aliphatic heterocycles. The fourth-order valence-corrected chi connectivity index (χ4v) is 3.90. The van der Waals surface area contributed by atoms with E-state index in [0.29, 0.717) is 43.4 Å². The van der Waals surface area contributed by atoms with Crippen molar-refractivity contribution >= 4 is 17.4 Å². The zero-order chi connectivity index (χ0) is 22.7. The van der Waals surface area contributed by atoms with E-state index >= 15 is 0 Å². The number of hydrogen-bond donors (Lipinski definition) is 1. The van der Waals surface area contributed by atoms with Crippen molar-refractivity contribution < 1.29 is 13.6 Å². The van der Waals surface area contributed by atoms with Gasteiger partial charge in [-0.3, -0.25) is 9.69 Å². The van der Waals surface area contributed by atoms with E-state index in [1.807, 2.05) is 13.1 Å². The summed E-state index contributed by atoms with van der Waals surface area (Å²) in [5.41, 5.74) is 2.48. The zero-order valence-corrected chi connectivity index (χ0v) is 18.1. The summed E-state index contributed by atoms with van der Waals surface area (Å²) in [6.07, 6.45) is 0.336. The van der Waals surface area contributed by atoms with E-state index in [1.54, 1.807) is 36.2 Å². The number of hydrogen-bond acceptors (Lipinski definition) is 5. The molecule has 166 valence electrons. The molecule has 1 amide bonds. The van der Waals surface area contributed by atoms with Gasteiger partial charge in [0, 0.05) is 44.2 Å². The molecule has 0 radical (unpaired) electrons. The van der Waals surface area contributed by atoms with Gasteiger partial charge in [0.2, 0.25) is 5.91 Å². The lowest BCUT2D eigenvalue weighted by molar-refractivity contribution is -0.117. The van der Waals surface area contributed by atoms with Gasteiger partial charge in [-0.25, -0.2) is 18.7 Å². The summed E-state index contributed by atoms with van der Waals surface area (Å²) in [6.45, 7) is 1.61. The minimum Gasteiger partial charge on any atom is -0.373 e. The first-order valence-electron chi connectivity index (χ1n) is 10.5. The smallest absolute Gasteiger partial charge is 0.227 e. The summed E-state index contributed by atoms with van der Waals surface area (Å²) in [7, 11) is 3.75. The fraction of sp³-hybridized carbons (Fsp3) is 0.292. The fourth-order valence-electron chi connectivity index (χ4n) is 3.90. The average molecular weight is 437 g/mol. The Bertz CT molecular complexity index is 1090. The molecule has 1 saturated heterocycles. The predicted octanol–water partition coefficient (Wildman–Crippen LogP) is 3.95. The van der Waals surface area contributed by atoms with Crippen LogP contribution in [-0.4, -0.2) is 41.4 Å². The van der Waals surface area contributed by atoms with Crippen molar-refractivity contribution in [1.29, 1.82) is 0 Å². The lowest BCUT2D eigenvalue weighted by Gasteiger charge is -2.19. The first-order valence-corrected chi connectivity index (χ1v) is 10.5. The molecule has 3 aromatic rings. The Balaban J connectivity index is 1.49. The van der Waals surface area contributed by atoms with Gasteiger partial charge in [0.15, 0.2) is 0 Å². The number of nitrogens with zero attached hydrogens (tertiary/aromatic N) is 4. The molecule has 1 unspecified atom stereocenters. The molecule has 32 heavy (non-hydrogen) atoms. The molecule has 8 heteroatoms. The molecule has 6 nitrogen and oxygen atoms in total. The van der Waals surface area contributed by atoms with Gasteiger partial charge in [-0.2, -0.15) is 0 Å². The number of anilines is 2. The van der Waals surface area contributed by atoms with Crippen LogP contribution in [0.3, 0.4) is 0 Å². The second kappa shape index (κ2) is 9.40. The van der Waals surface area contributed by atoms with E-state index in [2.05, 4.69) is 15.2 Å². The average Bonchev–Trinajstić information content (AvgIpc) is 3.17. The van der Waals surface area contributed by atoms with E-state index < -0.39 is 0 Å². The summed E-state index contributed by atoms with van der Waals surface area (Å²) < 4.78 is 26.4. The number of benzene rings is 2. The molecular weight excluding hydrogens is 412 g/mol. The van der Waals surface area contributed by atoms with E-state index in [4.69, 9.17) is 4.98 Å². The van der Waals surface area contributed by atoms with Crippen LogP contribution in [0.25, 0.3) is 0 Å². The van der Waals surface area contributed by atoms with E-state index in [9.17, 15) is 13.6 Å². The highest BCUT2D eigenvalue weighted by Gasteiger charge is 2.33. The first kappa shape index (κ1) is 21.8. The maximum absolute atomic E-state index is 13.3. The van der Waals surface area contributed by atoms with Gasteiger partial charge in [-0.05, 0) is 49.0 Å². The number of nitrogens with one attached hydrogen (secondary N) is 1. The molecule has 1 fully saturated rings. The van der Waals surface area contributed by atoms with Gasteiger partial charge in [0.25, 0.3) is 0 Å². The van der Waals surface area contributed by atoms with Crippen molar-refractivity contribution in [2.24, 2.45) is 0 Å². The standard InChI is InChI=1S/C24H25F2N5O/c1-27-22-12-21(17-11-24(32)31(14-17)20-9-7-19(26)8-10-20)28-23(29-22)15-30(2)13-16-3-5-18(25)6-4-16/h3-10,12,17H,11,13-15H2,1-2H3,(H,27,28,29). The van der Waals surface area contributed by atoms with E-state index in [1.165, 1.54) is 24.3 Å². The van der Waals surface area contributed by atoms with Crippen molar-refractivity contribution in [2.75, 3.05) is 30.9 Å². The highest BCUT2D eigenvalue weighted by atomic mass is 19.1. The number of amides is 1. The van der Waals surface area contributed by atoms with Crippen molar-refractivity contribution in [3.8, 4) is 0 Å². The number of halogens is 2. The maximum atomic E-state index is 13.3. The molecule has 0 saturated carbocycles. The largest absolute Gasteiger partial charge is 0.373 e. The minimum absolute atomic E-state index is 0.0128. The number of carbonyl (C=O) groups excluding carboxylic acids is 1. The van der Waals surface area contributed by atoms with Crippen LogP contribution < -0.4 is 10.2 Å². The second-order valence-electron chi connectivity index (χ2n) is 8.02. The van der Waals surface area contributed by atoms with Crippen LogP contribution in [0.4, 0.5) is 20.3 Å². The van der Waals surface area contributed by atoms with E-state index in [-0.39, 0.29) is 23.5 Å². The zero-order valence-electron chi connectivity index (χ0n) is 18.1. The molecule has 1 aromatic heterocycles. The number of rotatable bonds is 7. The van der Waals surface area contributed by atoms with Crippen LogP contribution in [0.2, 0.25) is 0 Å². The Morgan fingerprint density at radius 2 is 1.69 bits per heavy atom. The van der Waals surface area contributed by atoms with Crippen molar-refractivity contribution in [3.63, 3.8) is 0 Å². The van der Waals surface area contributed by atoms with Crippen LogP contribution in [0.1, 0.15) is 29.4 Å². The van der Waals surface area contributed by atoms with Crippen LogP contribution in [-0.2, 0) is 17.9 Å². The molecule has 1 N–H and O–H groups in total. The summed E-state index contributed by atoms with van der Waals surface area (Å²) in [5, 5.41) is 3.07. The normalized spacial score (nSPS) is 16.1. The molecule has 2 heterocycles. The van der Waals surface area contributed by atoms with Crippen molar-refractivity contribution in [1.82, 2.24) is 14.9 Å². The lowest BCUT2D eigenvalue weighted by Crippen LogP contribution is -2.24.